The standard InChI is InChI=1S/C22H34NO9P.5H2S/c1-29-22-16(23-14-7-13(8-24)17(25)20(28)18(14)26)19(27)21(31-11-33)15(32-22)10-30-9-12-5-3-2-4-6-12;;;;;/h2-7,14-28H,8-11,33H2,1H3;5*1H2/t14?,15?,16-,17-,18+,19?,20?,21-,22+;;;;;/m1...../s1. The van der Waals surface area contributed by atoms with E-state index in [4.69, 9.17) is 18.9 Å². The van der Waals surface area contributed by atoms with Crippen LogP contribution in [-0.2, 0) is 25.6 Å². The number of ether oxygens (including phenoxy) is 4. The molecular weight excluding hydrogens is 614 g/mol. The molecule has 16 heteroatoms. The van der Waals surface area contributed by atoms with E-state index in [-0.39, 0.29) is 86.0 Å². The second-order valence-corrected chi connectivity index (χ2v) is 8.45. The summed E-state index contributed by atoms with van der Waals surface area (Å²) in [7, 11) is 3.86. The van der Waals surface area contributed by atoms with Crippen molar-refractivity contribution < 1.29 is 44.5 Å². The summed E-state index contributed by atoms with van der Waals surface area (Å²) in [6, 6.07) is 7.92. The van der Waals surface area contributed by atoms with E-state index in [1.54, 1.807) is 0 Å². The van der Waals surface area contributed by atoms with Crippen LogP contribution < -0.4 is 5.32 Å². The Labute approximate surface area is 261 Å². The van der Waals surface area contributed by atoms with Crippen molar-refractivity contribution in [2.24, 2.45) is 0 Å². The molecule has 1 heterocycles. The van der Waals surface area contributed by atoms with Crippen LogP contribution in [0.1, 0.15) is 5.56 Å². The molecule has 38 heavy (non-hydrogen) atoms. The van der Waals surface area contributed by atoms with Gasteiger partial charge in [0.15, 0.2) is 6.29 Å². The van der Waals surface area contributed by atoms with Crippen LogP contribution in [0.2, 0.25) is 0 Å². The molecular formula is C22H44NO9PS5. The number of hydrogen-bond acceptors (Lipinski definition) is 10. The third kappa shape index (κ3) is 10.9. The molecule has 0 amide bonds. The third-order valence-corrected chi connectivity index (χ3v) is 6.16. The first-order valence-electron chi connectivity index (χ1n) is 10.8. The fourth-order valence-corrected chi connectivity index (χ4v) is 4.40. The maximum absolute atomic E-state index is 11.1. The van der Waals surface area contributed by atoms with Gasteiger partial charge in [0.1, 0.15) is 36.6 Å². The van der Waals surface area contributed by atoms with Gasteiger partial charge in [-0.25, -0.2) is 0 Å². The molecule has 226 valence electrons. The number of rotatable bonds is 10. The highest BCUT2D eigenvalue weighted by molar-refractivity contribution is 7.60. The SMILES string of the molecule is CO[C@H]1OC(COCc2ccccc2)[C@@H](OCP)C(O)[C@H]1NC1C=C(CO)[C@@H](O)C(O)[C@H]1O.S.S.S.S.S. The molecule has 10 atom stereocenters. The van der Waals surface area contributed by atoms with Gasteiger partial charge in [-0.3, -0.25) is 5.32 Å². The first-order chi connectivity index (χ1) is 15.9. The van der Waals surface area contributed by atoms with Gasteiger partial charge in [-0.1, -0.05) is 36.4 Å². The number of methoxy groups -OCH3 is 1. The van der Waals surface area contributed by atoms with Crippen LogP contribution in [-0.4, -0.2) is 107 Å². The largest absolute Gasteiger partial charge is 0.392 e. The molecule has 3 rings (SSSR count). The Morgan fingerprint density at radius 2 is 1.58 bits per heavy atom. The summed E-state index contributed by atoms with van der Waals surface area (Å²) in [5.74, 6) is 0. The Bertz CT molecular complexity index is 776. The highest BCUT2D eigenvalue weighted by Gasteiger charge is 2.48. The summed E-state index contributed by atoms with van der Waals surface area (Å²) in [5, 5.41) is 54.2. The smallest absolute Gasteiger partial charge is 0.175 e. The van der Waals surface area contributed by atoms with Crippen LogP contribution in [0.15, 0.2) is 42.0 Å². The van der Waals surface area contributed by atoms with Crippen molar-refractivity contribution in [1.82, 2.24) is 5.32 Å². The van der Waals surface area contributed by atoms with Gasteiger partial charge in [0.05, 0.1) is 38.3 Å². The molecule has 0 radical (unpaired) electrons. The van der Waals surface area contributed by atoms with Crippen LogP contribution >= 0.6 is 76.7 Å². The molecule has 0 saturated carbocycles. The quantitative estimate of drug-likeness (QED) is 0.138. The number of nitrogens with one attached hydrogen (secondary N) is 1. The van der Waals surface area contributed by atoms with E-state index < -0.39 is 61.6 Å². The van der Waals surface area contributed by atoms with E-state index >= 15 is 0 Å². The van der Waals surface area contributed by atoms with Gasteiger partial charge in [0, 0.05) is 7.11 Å². The number of benzene rings is 1. The zero-order chi connectivity index (χ0) is 24.0. The Morgan fingerprint density at radius 3 is 2.13 bits per heavy atom. The molecule has 1 saturated heterocycles. The van der Waals surface area contributed by atoms with Gasteiger partial charge < -0.3 is 44.5 Å². The lowest BCUT2D eigenvalue weighted by Gasteiger charge is -2.46. The molecule has 1 aromatic carbocycles. The fraction of sp³-hybridized carbons (Fsp3) is 0.636. The molecule has 2 aliphatic rings. The van der Waals surface area contributed by atoms with Gasteiger partial charge in [-0.05, 0) is 11.1 Å². The number of hydrogen-bond donors (Lipinski definition) is 6. The van der Waals surface area contributed by atoms with Crippen LogP contribution in [0.5, 0.6) is 0 Å². The van der Waals surface area contributed by atoms with E-state index in [1.165, 1.54) is 13.2 Å². The lowest BCUT2D eigenvalue weighted by atomic mass is 9.87. The lowest BCUT2D eigenvalue weighted by Crippen LogP contribution is -2.68. The van der Waals surface area contributed by atoms with E-state index in [9.17, 15) is 25.5 Å². The summed E-state index contributed by atoms with van der Waals surface area (Å²) in [4.78, 5) is 0. The Morgan fingerprint density at radius 1 is 0.947 bits per heavy atom. The minimum absolute atomic E-state index is 0. The summed E-state index contributed by atoms with van der Waals surface area (Å²) >= 11 is 0. The van der Waals surface area contributed by atoms with E-state index in [1.807, 2.05) is 30.3 Å². The van der Waals surface area contributed by atoms with E-state index in [0.717, 1.165) is 5.56 Å². The molecule has 1 aliphatic heterocycles. The molecule has 10 nitrogen and oxygen atoms in total. The Balaban J connectivity index is -0.00000245. The van der Waals surface area contributed by atoms with Gasteiger partial charge in [0.2, 0.25) is 0 Å². The maximum atomic E-state index is 11.1. The zero-order valence-corrected chi connectivity index (χ0v) is 27.1. The Hall–Kier alpha value is 0.740. The predicted molar refractivity (Wildman–Crippen MR) is 173 cm³/mol. The van der Waals surface area contributed by atoms with Gasteiger partial charge >= 0.3 is 0 Å². The van der Waals surface area contributed by atoms with E-state index in [0.29, 0.717) is 6.61 Å². The van der Waals surface area contributed by atoms with Gasteiger partial charge in [0.25, 0.3) is 0 Å². The summed E-state index contributed by atoms with van der Waals surface area (Å²) < 4.78 is 23.0. The second-order valence-electron chi connectivity index (χ2n) is 8.11. The van der Waals surface area contributed by atoms with Crippen molar-refractivity contribution in [3.05, 3.63) is 47.5 Å². The predicted octanol–water partition coefficient (Wildman–Crippen LogP) is -0.941. The first-order valence-corrected chi connectivity index (χ1v) is 11.6. The van der Waals surface area contributed by atoms with Crippen molar-refractivity contribution in [1.29, 1.82) is 0 Å². The van der Waals surface area contributed by atoms with Crippen molar-refractivity contribution in [3.63, 3.8) is 0 Å². The molecule has 5 unspecified atom stereocenters. The topological polar surface area (TPSA) is 150 Å². The highest BCUT2D eigenvalue weighted by Crippen LogP contribution is 2.28. The van der Waals surface area contributed by atoms with Crippen molar-refractivity contribution >= 4 is 76.7 Å². The molecule has 1 aromatic rings. The summed E-state index contributed by atoms with van der Waals surface area (Å²) in [5.41, 5.74) is 1.16. The van der Waals surface area contributed by atoms with Gasteiger partial charge in [-0.2, -0.15) is 67.5 Å². The average molecular weight is 658 g/mol. The van der Waals surface area contributed by atoms with Crippen molar-refractivity contribution in [2.75, 3.05) is 26.7 Å². The first kappa shape index (κ1) is 43.2. The zero-order valence-electron chi connectivity index (χ0n) is 20.9. The normalized spacial score (nSPS) is 32.2. The fourth-order valence-electron chi connectivity index (χ4n) is 4.18. The molecule has 0 spiro atoms. The van der Waals surface area contributed by atoms with E-state index in [2.05, 4.69) is 14.6 Å². The Kier molecular flexibility index (Phi) is 24.4. The van der Waals surface area contributed by atoms with Crippen molar-refractivity contribution in [3.8, 4) is 0 Å². The molecule has 6 N–H and O–H groups in total. The minimum atomic E-state index is -1.50. The lowest BCUT2D eigenvalue weighted by molar-refractivity contribution is -0.273. The second kappa shape index (κ2) is 21.4. The van der Waals surface area contributed by atoms with Crippen LogP contribution in [0.3, 0.4) is 0 Å². The molecule has 0 bridgehead atoms. The van der Waals surface area contributed by atoms with Crippen LogP contribution in [0.25, 0.3) is 0 Å². The summed E-state index contributed by atoms with van der Waals surface area (Å²) in [6.07, 6.45) is -6.01. The average Bonchev–Trinajstić information content (AvgIpc) is 2.83. The minimum Gasteiger partial charge on any atom is -0.392 e. The molecule has 1 aliphatic carbocycles. The number of aliphatic hydroxyl groups is 5. The monoisotopic (exact) mass is 657 g/mol. The van der Waals surface area contributed by atoms with Gasteiger partial charge in [-0.15, -0.1) is 9.24 Å². The van der Waals surface area contributed by atoms with Crippen LogP contribution in [0, 0.1) is 0 Å². The number of aliphatic hydroxyl groups excluding tert-OH is 5. The molecule has 0 aromatic heterocycles. The third-order valence-electron chi connectivity index (χ3n) is 5.97. The van der Waals surface area contributed by atoms with Crippen LogP contribution in [0.4, 0.5) is 0 Å². The van der Waals surface area contributed by atoms with Crippen molar-refractivity contribution in [2.45, 2.75) is 61.6 Å². The highest BCUT2D eigenvalue weighted by atomic mass is 32.1. The summed E-state index contributed by atoms with van der Waals surface area (Å²) in [6.45, 7) is 0.0342. The molecule has 1 fully saturated rings. The maximum Gasteiger partial charge on any atom is 0.175 e.